The van der Waals surface area contributed by atoms with Crippen molar-refractivity contribution < 1.29 is 9.84 Å². The number of aliphatic hydroxyl groups is 1. The zero-order valence-electron chi connectivity index (χ0n) is 16.9. The third kappa shape index (κ3) is 4.56. The smallest absolute Gasteiger partial charge is 0.188 e. The molecular formula is C21H20Cl2N6O2. The Labute approximate surface area is 188 Å². The van der Waals surface area contributed by atoms with Gasteiger partial charge >= 0.3 is 0 Å². The maximum atomic E-state index is 9.93. The van der Waals surface area contributed by atoms with E-state index < -0.39 is 5.60 Å². The first-order chi connectivity index (χ1) is 14.7. The van der Waals surface area contributed by atoms with Crippen LogP contribution in [0.2, 0.25) is 10.0 Å². The molecule has 0 atom stereocenters. The summed E-state index contributed by atoms with van der Waals surface area (Å²) in [5, 5.41) is 15.7. The molecule has 0 aliphatic rings. The SMILES string of the molecule is CC(C)(O)Cn1cnc(COc2ccc(-c3cccc(Cl)c3Cl)c3ncnc(N)c23)n1. The molecule has 0 fully saturated rings. The van der Waals surface area contributed by atoms with E-state index in [1.165, 1.54) is 6.33 Å². The second-order valence-corrected chi connectivity index (χ2v) is 8.44. The zero-order chi connectivity index (χ0) is 22.2. The van der Waals surface area contributed by atoms with Crippen molar-refractivity contribution in [2.75, 3.05) is 5.73 Å². The predicted octanol–water partition coefficient (Wildman–Crippen LogP) is 4.13. The van der Waals surface area contributed by atoms with E-state index >= 15 is 0 Å². The molecule has 0 unspecified atom stereocenters. The Morgan fingerprint density at radius 3 is 2.68 bits per heavy atom. The molecule has 0 aliphatic heterocycles. The number of anilines is 1. The van der Waals surface area contributed by atoms with E-state index in [0.29, 0.717) is 39.1 Å². The molecule has 2 aromatic heterocycles. The molecule has 10 heteroatoms. The van der Waals surface area contributed by atoms with Crippen LogP contribution in [0.3, 0.4) is 0 Å². The largest absolute Gasteiger partial charge is 0.485 e. The van der Waals surface area contributed by atoms with Crippen LogP contribution in [0.1, 0.15) is 19.7 Å². The highest BCUT2D eigenvalue weighted by Gasteiger charge is 2.18. The first-order valence-corrected chi connectivity index (χ1v) is 10.2. The van der Waals surface area contributed by atoms with Crippen molar-refractivity contribution in [1.29, 1.82) is 0 Å². The van der Waals surface area contributed by atoms with Crippen molar-refractivity contribution >= 4 is 39.9 Å². The molecule has 0 saturated carbocycles. The third-order valence-corrected chi connectivity index (χ3v) is 5.33. The number of benzene rings is 2. The highest BCUT2D eigenvalue weighted by Crippen LogP contribution is 2.40. The van der Waals surface area contributed by atoms with Gasteiger partial charge in [-0.15, -0.1) is 0 Å². The van der Waals surface area contributed by atoms with E-state index in [1.807, 2.05) is 18.2 Å². The number of halogens is 2. The second kappa shape index (κ2) is 8.30. The van der Waals surface area contributed by atoms with E-state index in [9.17, 15) is 5.11 Å². The maximum Gasteiger partial charge on any atom is 0.188 e. The molecule has 0 amide bonds. The average Bonchev–Trinajstić information content (AvgIpc) is 3.14. The summed E-state index contributed by atoms with van der Waals surface area (Å²) < 4.78 is 7.52. The van der Waals surface area contributed by atoms with Crippen LogP contribution in [-0.2, 0) is 13.2 Å². The van der Waals surface area contributed by atoms with Gasteiger partial charge in [0, 0.05) is 11.1 Å². The van der Waals surface area contributed by atoms with Crippen LogP contribution < -0.4 is 10.5 Å². The number of fused-ring (bicyclic) bond motifs is 1. The number of hydrogen-bond acceptors (Lipinski definition) is 7. The number of hydrogen-bond donors (Lipinski definition) is 2. The lowest BCUT2D eigenvalue weighted by molar-refractivity contribution is 0.0574. The fraction of sp³-hybridized carbons (Fsp3) is 0.238. The normalized spacial score (nSPS) is 11.8. The molecule has 0 spiro atoms. The number of aromatic nitrogens is 5. The van der Waals surface area contributed by atoms with Crippen molar-refractivity contribution in [3.05, 3.63) is 58.9 Å². The van der Waals surface area contributed by atoms with Crippen molar-refractivity contribution in [2.45, 2.75) is 32.6 Å². The van der Waals surface area contributed by atoms with Gasteiger partial charge in [-0.1, -0.05) is 35.3 Å². The summed E-state index contributed by atoms with van der Waals surface area (Å²) in [7, 11) is 0. The zero-order valence-corrected chi connectivity index (χ0v) is 18.4. The van der Waals surface area contributed by atoms with Gasteiger partial charge in [-0.05, 0) is 32.0 Å². The number of nitrogens with two attached hydrogens (primary N) is 1. The summed E-state index contributed by atoms with van der Waals surface area (Å²) in [6, 6.07) is 9.03. The fourth-order valence-corrected chi connectivity index (χ4v) is 3.63. The molecule has 0 radical (unpaired) electrons. The van der Waals surface area contributed by atoms with Crippen molar-refractivity contribution in [3.8, 4) is 16.9 Å². The summed E-state index contributed by atoms with van der Waals surface area (Å²) in [4.78, 5) is 12.7. The number of rotatable bonds is 6. The Morgan fingerprint density at radius 1 is 1.10 bits per heavy atom. The minimum absolute atomic E-state index is 0.111. The van der Waals surface area contributed by atoms with Gasteiger partial charge in [0.1, 0.15) is 30.8 Å². The van der Waals surface area contributed by atoms with Crippen LogP contribution in [0.25, 0.3) is 22.0 Å². The predicted molar refractivity (Wildman–Crippen MR) is 120 cm³/mol. The first kappa shape index (κ1) is 21.3. The minimum Gasteiger partial charge on any atom is -0.485 e. The van der Waals surface area contributed by atoms with Gasteiger partial charge in [-0.25, -0.2) is 19.6 Å². The van der Waals surface area contributed by atoms with Gasteiger partial charge in [0.05, 0.1) is 33.1 Å². The second-order valence-electron chi connectivity index (χ2n) is 7.65. The van der Waals surface area contributed by atoms with Crippen LogP contribution in [0, 0.1) is 0 Å². The third-order valence-electron chi connectivity index (χ3n) is 4.51. The Hall–Kier alpha value is -2.94. The molecule has 0 saturated heterocycles. The van der Waals surface area contributed by atoms with Gasteiger partial charge < -0.3 is 15.6 Å². The Balaban J connectivity index is 1.68. The lowest BCUT2D eigenvalue weighted by Crippen LogP contribution is -2.26. The summed E-state index contributed by atoms with van der Waals surface area (Å²) in [6.45, 7) is 3.83. The molecule has 8 nitrogen and oxygen atoms in total. The monoisotopic (exact) mass is 458 g/mol. The van der Waals surface area contributed by atoms with E-state index in [0.717, 1.165) is 11.1 Å². The summed E-state index contributed by atoms with van der Waals surface area (Å²) in [6.07, 6.45) is 2.94. The van der Waals surface area contributed by atoms with Crippen molar-refractivity contribution in [1.82, 2.24) is 24.7 Å². The molecule has 2 heterocycles. The Morgan fingerprint density at radius 2 is 1.90 bits per heavy atom. The average molecular weight is 459 g/mol. The van der Waals surface area contributed by atoms with Crippen molar-refractivity contribution in [3.63, 3.8) is 0 Å². The van der Waals surface area contributed by atoms with E-state index in [2.05, 4.69) is 20.1 Å². The molecule has 0 aliphatic carbocycles. The van der Waals surface area contributed by atoms with Gasteiger partial charge in [-0.2, -0.15) is 5.10 Å². The minimum atomic E-state index is -0.898. The van der Waals surface area contributed by atoms with E-state index in [-0.39, 0.29) is 12.4 Å². The molecule has 160 valence electrons. The molecule has 3 N–H and O–H groups in total. The highest BCUT2D eigenvalue weighted by atomic mass is 35.5. The van der Waals surface area contributed by atoms with Gasteiger partial charge in [0.2, 0.25) is 0 Å². The molecule has 4 aromatic rings. The number of ether oxygens (including phenoxy) is 1. The van der Waals surface area contributed by atoms with Crippen LogP contribution in [0.15, 0.2) is 43.0 Å². The molecule has 31 heavy (non-hydrogen) atoms. The Kier molecular flexibility index (Phi) is 5.70. The lowest BCUT2D eigenvalue weighted by atomic mass is 10.0. The first-order valence-electron chi connectivity index (χ1n) is 9.44. The molecule has 2 aromatic carbocycles. The van der Waals surface area contributed by atoms with Crippen LogP contribution >= 0.6 is 23.2 Å². The van der Waals surface area contributed by atoms with Crippen molar-refractivity contribution in [2.24, 2.45) is 0 Å². The number of nitrogens with zero attached hydrogens (tertiary/aromatic N) is 5. The molecular weight excluding hydrogens is 439 g/mol. The maximum absolute atomic E-state index is 9.93. The summed E-state index contributed by atoms with van der Waals surface area (Å²) in [5.41, 5.74) is 7.35. The lowest BCUT2D eigenvalue weighted by Gasteiger charge is -2.16. The van der Waals surface area contributed by atoms with Gasteiger partial charge in [-0.3, -0.25) is 0 Å². The van der Waals surface area contributed by atoms with Gasteiger partial charge in [0.25, 0.3) is 0 Å². The van der Waals surface area contributed by atoms with E-state index in [1.54, 1.807) is 37.0 Å². The Bertz CT molecular complexity index is 1250. The quantitative estimate of drug-likeness (QED) is 0.446. The van der Waals surface area contributed by atoms with Crippen LogP contribution in [0.4, 0.5) is 5.82 Å². The molecule has 4 rings (SSSR count). The fourth-order valence-electron chi connectivity index (χ4n) is 3.23. The summed E-state index contributed by atoms with van der Waals surface area (Å²) >= 11 is 12.6. The van der Waals surface area contributed by atoms with Crippen LogP contribution in [-0.4, -0.2) is 35.4 Å². The number of nitrogen functional groups attached to an aromatic ring is 1. The van der Waals surface area contributed by atoms with E-state index in [4.69, 9.17) is 33.7 Å². The topological polar surface area (TPSA) is 112 Å². The van der Waals surface area contributed by atoms with Crippen LogP contribution in [0.5, 0.6) is 5.75 Å². The highest BCUT2D eigenvalue weighted by molar-refractivity contribution is 6.44. The van der Waals surface area contributed by atoms with Gasteiger partial charge in [0.15, 0.2) is 5.82 Å². The summed E-state index contributed by atoms with van der Waals surface area (Å²) in [5.74, 6) is 1.24. The molecule has 0 bridgehead atoms. The standard InChI is InChI=1S/C21H20Cl2N6O2/c1-21(2,30)9-29-11-27-16(28-29)8-31-15-7-6-13(12-4-3-5-14(22)18(12)23)19-17(15)20(24)26-10-25-19/h3-7,10-11,30H,8-9H2,1-2H3,(H2,24,25,26).